The summed E-state index contributed by atoms with van der Waals surface area (Å²) in [5, 5.41) is 242. The molecule has 40 heteroatoms. The van der Waals surface area contributed by atoms with Gasteiger partial charge in [-0.25, -0.2) is 4.68 Å². The first kappa shape index (κ1) is 73.8. The van der Waals surface area contributed by atoms with Crippen LogP contribution in [0.4, 0.5) is 11.4 Å². The van der Waals surface area contributed by atoms with Crippen LogP contribution in [0.2, 0.25) is 0 Å². The number of azo groups is 1. The third-order valence-corrected chi connectivity index (χ3v) is 17.8. The Morgan fingerprint density at radius 3 is 0.856 bits per heavy atom. The second-order valence-corrected chi connectivity index (χ2v) is 24.2. The average Bonchev–Trinajstić information content (AvgIpc) is 0.786. The smallest absolute Gasteiger partial charge is 0.187 e. The number of rotatable bonds is 13. The van der Waals surface area contributed by atoms with Crippen molar-refractivity contribution in [3.05, 3.63) is 66.5 Å². The van der Waals surface area contributed by atoms with Gasteiger partial charge < -0.3 is 173 Å². The van der Waals surface area contributed by atoms with E-state index >= 15 is 0 Å². The zero-order chi connectivity index (χ0) is 69.3. The minimum absolute atomic E-state index is 0.170. The van der Waals surface area contributed by atoms with Gasteiger partial charge in [0.2, 0.25) is 0 Å². The van der Waals surface area contributed by atoms with Crippen molar-refractivity contribution in [1.82, 2.24) is 15.0 Å². The molecule has 2 aromatic carbocycles. The Morgan fingerprint density at radius 2 is 0.577 bits per heavy atom. The fourth-order valence-corrected chi connectivity index (χ4v) is 12.5. The number of aliphatic hydroxyl groups is 20. The summed E-state index contributed by atoms with van der Waals surface area (Å²) in [5.41, 5.74) is 1.38. The first-order valence-corrected chi connectivity index (χ1v) is 31.0. The highest BCUT2D eigenvalue weighted by molar-refractivity contribution is 5.42. The van der Waals surface area contributed by atoms with Gasteiger partial charge in [-0.05, 0) is 36.4 Å². The number of aromatic nitrogens is 3. The fourth-order valence-electron chi connectivity index (χ4n) is 12.5. The average molecular weight is 1400 g/mol. The largest absolute Gasteiger partial charge is 0.487 e. The lowest BCUT2D eigenvalue weighted by Gasteiger charge is -2.50. The second kappa shape index (κ2) is 32.3. The van der Waals surface area contributed by atoms with Gasteiger partial charge in [0.1, 0.15) is 189 Å². The van der Waals surface area contributed by atoms with Crippen molar-refractivity contribution >= 4 is 11.4 Å². The number of ether oxygens (including phenoxy) is 15. The normalized spacial score (nSPS) is 46.4. The van der Waals surface area contributed by atoms with Crippen LogP contribution in [-0.4, -0.2) is 372 Å². The molecular weight excluding hydrogens is 1310 g/mol. The summed E-state index contributed by atoms with van der Waals surface area (Å²) in [5.74, 6) is 0.392. The Balaban J connectivity index is 0.867. The summed E-state index contributed by atoms with van der Waals surface area (Å²) in [4.78, 5) is 0. The molecular formula is C57H81N5O35. The van der Waals surface area contributed by atoms with E-state index in [0.29, 0.717) is 17.1 Å². The molecule has 0 radical (unpaired) electrons. The molecule has 21 saturated heterocycles. The van der Waals surface area contributed by atoms with E-state index in [0.717, 1.165) is 0 Å². The molecule has 21 aliphatic rings. The predicted molar refractivity (Wildman–Crippen MR) is 303 cm³/mol. The lowest BCUT2D eigenvalue weighted by Crippen LogP contribution is -2.68. The van der Waals surface area contributed by atoms with Gasteiger partial charge in [0.05, 0.1) is 63.8 Å². The molecule has 1 aromatic heterocycles. The quantitative estimate of drug-likeness (QED) is 0.0707. The Bertz CT molecular complexity index is 2940. The standard InChI is InChI=1S/C57H81N5O35/c63-12-24-45-32(71)39(78)53(86-24)94-47-26(14-65)88-55(41(80)34(47)73)96-49-28(16-67)90-57(43(82)36(49)75)97-50-29(17-68)89-56(42(81)35(50)74)95-48-27(15-66)87-54(40(79)33(48)72)93-46-25(13-64)85-52(38(77)31(46)70)91-44-23(84-51(92-45)37(76)30(44)69)11-62-10-21(60-61-62)18-83-22-8-6-20(7-9-22)59-58-19-4-2-1-3-5-19/h1-10,23-57,63-82H,11-18H2/t23-,24-,25-,26-,27-,28-,29-,30-,31-,32-,33-,34-,35-,36-,37-,38-,39-,40-,41-,42-,43-,44-,45-,46-,47-,48-,49-,50-,51-,52-,53-,54-,55-,56-,57-/m1/s1. The molecule has 0 unspecified atom stereocenters. The third kappa shape index (κ3) is 15.7. The van der Waals surface area contributed by atoms with Gasteiger partial charge in [0, 0.05) is 0 Å². The molecule has 544 valence electrons. The lowest BCUT2D eigenvalue weighted by atomic mass is 9.95. The highest BCUT2D eigenvalue weighted by Crippen LogP contribution is 2.39. The van der Waals surface area contributed by atoms with E-state index in [2.05, 4.69) is 20.5 Å². The maximum Gasteiger partial charge on any atom is 0.187 e. The Morgan fingerprint density at radius 1 is 0.320 bits per heavy atom. The first-order chi connectivity index (χ1) is 46.6. The van der Waals surface area contributed by atoms with E-state index in [9.17, 15) is 102 Å². The number of hydrogen-bond donors (Lipinski definition) is 20. The van der Waals surface area contributed by atoms with Crippen LogP contribution in [0.25, 0.3) is 0 Å². The van der Waals surface area contributed by atoms with E-state index in [1.807, 2.05) is 18.2 Å². The van der Waals surface area contributed by atoms with Crippen LogP contribution in [0.3, 0.4) is 0 Å². The molecule has 22 heterocycles. The van der Waals surface area contributed by atoms with Crippen molar-refractivity contribution in [2.75, 3.05) is 39.6 Å². The first-order valence-electron chi connectivity index (χ1n) is 31.0. The highest BCUT2D eigenvalue weighted by atomic mass is 16.8. The molecule has 97 heavy (non-hydrogen) atoms. The molecule has 20 N–H and O–H groups in total. The van der Waals surface area contributed by atoms with Crippen molar-refractivity contribution in [3.8, 4) is 5.75 Å². The van der Waals surface area contributed by atoms with Crippen LogP contribution < -0.4 is 4.74 Å². The van der Waals surface area contributed by atoms with Crippen molar-refractivity contribution in [2.24, 2.45) is 10.2 Å². The summed E-state index contributed by atoms with van der Waals surface area (Å²) in [6, 6.07) is 15.6. The van der Waals surface area contributed by atoms with Crippen molar-refractivity contribution < 1.29 is 173 Å². The summed E-state index contributed by atoms with van der Waals surface area (Å²) in [6.45, 7) is -7.04. The predicted octanol–water partition coefficient (Wildman–Crippen LogP) is -10.9. The maximum atomic E-state index is 12.0. The van der Waals surface area contributed by atoms with Crippen LogP contribution in [0.15, 0.2) is 71.0 Å². The fraction of sp³-hybridized carbons (Fsp3) is 0.754. The van der Waals surface area contributed by atoms with Crippen LogP contribution >= 0.6 is 0 Å². The van der Waals surface area contributed by atoms with Crippen LogP contribution in [0.1, 0.15) is 5.69 Å². The van der Waals surface area contributed by atoms with E-state index in [1.165, 1.54) is 10.9 Å². The number of hydrogen-bond acceptors (Lipinski definition) is 39. The van der Waals surface area contributed by atoms with Gasteiger partial charge in [-0.3, -0.25) is 0 Å². The SMILES string of the molecule is OC[C@H]1O[C@@H]2O[C@H]3[C@H](O)[C@@H](O)[C@@H](O[C@H]4[C@H](O)[C@@H](O)[C@@H](O[C@H]5[C@H](O)[C@@H](O)[C@@H](O[C@H]6[C@H](O)[C@@H](O)[C@@H](O[C@H]7[C@H](O)[C@@H](O)[C@@H](O[C@H]8[C@H](O)[C@@H](O)[C@@H](O[C@H]1[C@H](O)[C@H]2O)O[C@@H]8CO)O[C@@H]7CO)O[C@@H]6CO)O[C@@H]5Cn1cc(COc2ccc(N=Nc5ccccc5)cc2)nn1)O[C@@H]4CO)O[C@@H]3CO. The minimum atomic E-state index is -2.25. The van der Waals surface area contributed by atoms with Crippen LogP contribution in [-0.2, 0) is 79.5 Å². The number of aliphatic hydroxyl groups excluding tert-OH is 20. The summed E-state index contributed by atoms with van der Waals surface area (Å²) in [7, 11) is 0. The number of nitrogens with zero attached hydrogens (tertiary/aromatic N) is 5. The van der Waals surface area contributed by atoms with Gasteiger partial charge in [0.15, 0.2) is 44.0 Å². The van der Waals surface area contributed by atoms with Gasteiger partial charge in [-0.15, -0.1) is 5.10 Å². The van der Waals surface area contributed by atoms with Crippen molar-refractivity contribution in [3.63, 3.8) is 0 Å². The Hall–Kier alpha value is -4.38. The molecule has 21 fully saturated rings. The van der Waals surface area contributed by atoms with Gasteiger partial charge in [-0.2, -0.15) is 10.2 Å². The molecule has 0 saturated carbocycles. The van der Waals surface area contributed by atoms with Gasteiger partial charge in [-0.1, -0.05) is 23.4 Å². The van der Waals surface area contributed by atoms with Crippen molar-refractivity contribution in [2.45, 2.75) is 228 Å². The van der Waals surface area contributed by atoms with Crippen molar-refractivity contribution in [1.29, 1.82) is 0 Å². The van der Waals surface area contributed by atoms with Gasteiger partial charge in [0.25, 0.3) is 0 Å². The lowest BCUT2D eigenvalue weighted by molar-refractivity contribution is -0.396. The molecule has 35 atom stereocenters. The van der Waals surface area contributed by atoms with E-state index in [-0.39, 0.29) is 12.3 Å². The zero-order valence-electron chi connectivity index (χ0n) is 50.9. The molecule has 24 rings (SSSR count). The molecule has 14 bridgehead atoms. The van der Waals surface area contributed by atoms with E-state index < -0.39 is 261 Å². The topological polar surface area (TPSA) is 598 Å². The number of benzene rings is 2. The molecule has 0 amide bonds. The monoisotopic (exact) mass is 1400 g/mol. The van der Waals surface area contributed by atoms with E-state index in [4.69, 9.17) is 71.1 Å². The highest BCUT2D eigenvalue weighted by Gasteiger charge is 2.60. The third-order valence-electron chi connectivity index (χ3n) is 17.8. The molecule has 40 nitrogen and oxygen atoms in total. The molecule has 21 aliphatic heterocycles. The maximum absolute atomic E-state index is 12.0. The minimum Gasteiger partial charge on any atom is -0.487 e. The zero-order valence-corrected chi connectivity index (χ0v) is 50.9. The van der Waals surface area contributed by atoms with E-state index in [1.54, 1.807) is 36.4 Å². The van der Waals surface area contributed by atoms with Crippen LogP contribution in [0.5, 0.6) is 5.75 Å². The molecule has 0 aliphatic carbocycles. The summed E-state index contributed by atoms with van der Waals surface area (Å²) in [6.07, 6.45) is -69.7. The molecule has 3 aromatic rings. The Labute approximate surface area is 548 Å². The Kier molecular flexibility index (Phi) is 24.6. The second-order valence-electron chi connectivity index (χ2n) is 24.2. The summed E-state index contributed by atoms with van der Waals surface area (Å²) >= 11 is 0. The molecule has 0 spiro atoms. The van der Waals surface area contributed by atoms with Gasteiger partial charge >= 0.3 is 0 Å². The van der Waals surface area contributed by atoms with Crippen LogP contribution in [0, 0.1) is 0 Å². The summed E-state index contributed by atoms with van der Waals surface area (Å²) < 4.78 is 89.0.